The molecule has 0 unspecified atom stereocenters. The van der Waals surface area contributed by atoms with E-state index < -0.39 is 23.9 Å². The first kappa shape index (κ1) is 17.1. The number of thioether (sulfide) groups is 1. The van der Waals surface area contributed by atoms with Crippen LogP contribution in [0, 0.1) is 6.92 Å². The molecule has 0 bridgehead atoms. The van der Waals surface area contributed by atoms with Crippen LogP contribution in [-0.2, 0) is 20.1 Å². The van der Waals surface area contributed by atoms with E-state index in [1.807, 2.05) is 0 Å². The van der Waals surface area contributed by atoms with Gasteiger partial charge >= 0.3 is 11.9 Å². The van der Waals surface area contributed by atoms with Gasteiger partial charge in [-0.05, 0) is 13.0 Å². The minimum atomic E-state index is -1.09. The summed E-state index contributed by atoms with van der Waals surface area (Å²) >= 11 is 1.28. The molecule has 1 aromatic rings. The van der Waals surface area contributed by atoms with Gasteiger partial charge in [-0.1, -0.05) is 0 Å². The number of ether oxygens (including phenoxy) is 1. The summed E-state index contributed by atoms with van der Waals surface area (Å²) in [6.07, 6.45) is 0. The van der Waals surface area contributed by atoms with E-state index in [-0.39, 0.29) is 11.5 Å². The Hall–Kier alpha value is -1.96. The van der Waals surface area contributed by atoms with E-state index in [1.165, 1.54) is 25.8 Å². The fourth-order valence-corrected chi connectivity index (χ4v) is 2.53. The summed E-state index contributed by atoms with van der Waals surface area (Å²) in [5.41, 5.74) is 0.661. The van der Waals surface area contributed by atoms with Gasteiger partial charge in [-0.2, -0.15) is 11.8 Å². The number of rotatable bonds is 7. The van der Waals surface area contributed by atoms with Crippen molar-refractivity contribution in [1.29, 1.82) is 0 Å². The van der Waals surface area contributed by atoms with Crippen molar-refractivity contribution < 1.29 is 28.6 Å². The lowest BCUT2D eigenvalue weighted by molar-refractivity contribution is -0.140. The number of hydrogen-bond donors (Lipinski definition) is 2. The molecule has 1 aromatic heterocycles. The molecule has 0 saturated heterocycles. The Labute approximate surface area is 126 Å². The topological polar surface area (TPSA) is 106 Å². The van der Waals surface area contributed by atoms with Crippen LogP contribution in [0.1, 0.15) is 28.8 Å². The van der Waals surface area contributed by atoms with Gasteiger partial charge in [-0.3, -0.25) is 4.79 Å². The van der Waals surface area contributed by atoms with Crippen molar-refractivity contribution in [3.63, 3.8) is 0 Å². The van der Waals surface area contributed by atoms with Crippen molar-refractivity contribution in [2.75, 3.05) is 12.9 Å². The number of carboxylic acid groups (broad SMARTS) is 1. The molecule has 1 heterocycles. The molecule has 21 heavy (non-hydrogen) atoms. The number of carbonyl (C=O) groups is 3. The van der Waals surface area contributed by atoms with Gasteiger partial charge in [0.1, 0.15) is 11.8 Å². The highest BCUT2D eigenvalue weighted by molar-refractivity contribution is 7.98. The quantitative estimate of drug-likeness (QED) is 0.728. The van der Waals surface area contributed by atoms with Crippen molar-refractivity contribution in [3.05, 3.63) is 23.2 Å². The highest BCUT2D eigenvalue weighted by atomic mass is 32.2. The van der Waals surface area contributed by atoms with E-state index in [2.05, 4.69) is 10.1 Å². The molecule has 0 aliphatic rings. The molecule has 1 atom stereocenters. The second-order valence-corrected chi connectivity index (χ2v) is 5.35. The van der Waals surface area contributed by atoms with Crippen LogP contribution in [0.3, 0.4) is 0 Å². The molecule has 0 saturated carbocycles. The number of aliphatic carboxylic acids is 1. The predicted octanol–water partition coefficient (Wildman–Crippen LogP) is 1.20. The monoisotopic (exact) mass is 315 g/mol. The summed E-state index contributed by atoms with van der Waals surface area (Å²) in [5.74, 6) is -0.767. The van der Waals surface area contributed by atoms with Gasteiger partial charge in [0.2, 0.25) is 11.7 Å². The lowest BCUT2D eigenvalue weighted by atomic mass is 10.3. The molecule has 0 aromatic carbocycles. The summed E-state index contributed by atoms with van der Waals surface area (Å²) in [4.78, 5) is 33.2. The van der Waals surface area contributed by atoms with Crippen molar-refractivity contribution in [3.8, 4) is 0 Å². The van der Waals surface area contributed by atoms with E-state index in [0.717, 1.165) is 0 Å². The molecule has 1 amide bonds. The third kappa shape index (κ3) is 5.14. The largest absolute Gasteiger partial charge is 0.480 e. The van der Waals surface area contributed by atoms with Gasteiger partial charge < -0.3 is 19.6 Å². The average molecular weight is 315 g/mol. The Balaban J connectivity index is 2.57. The first-order valence-corrected chi connectivity index (χ1v) is 7.26. The maximum Gasteiger partial charge on any atom is 0.374 e. The van der Waals surface area contributed by atoms with Crippen LogP contribution in [0.4, 0.5) is 0 Å². The number of aryl methyl sites for hydroxylation is 1. The van der Waals surface area contributed by atoms with E-state index in [9.17, 15) is 14.4 Å². The highest BCUT2D eigenvalue weighted by Gasteiger charge is 2.19. The van der Waals surface area contributed by atoms with Gasteiger partial charge in [-0.25, -0.2) is 9.59 Å². The minimum absolute atomic E-state index is 0.143. The molecule has 0 aliphatic heterocycles. The Morgan fingerprint density at radius 3 is 2.67 bits per heavy atom. The van der Waals surface area contributed by atoms with Crippen molar-refractivity contribution in [2.45, 2.75) is 25.6 Å². The van der Waals surface area contributed by atoms with Crippen molar-refractivity contribution >= 4 is 29.6 Å². The van der Waals surface area contributed by atoms with Crippen LogP contribution in [-0.4, -0.2) is 41.9 Å². The summed E-state index contributed by atoms with van der Waals surface area (Å²) in [5, 5.41) is 11.3. The van der Waals surface area contributed by atoms with Crippen molar-refractivity contribution in [1.82, 2.24) is 5.32 Å². The number of nitrogens with one attached hydrogen (secondary N) is 1. The van der Waals surface area contributed by atoms with Crippen LogP contribution >= 0.6 is 11.8 Å². The first-order valence-electron chi connectivity index (χ1n) is 6.10. The summed E-state index contributed by atoms with van der Waals surface area (Å²) in [6, 6.07) is 0.747. The molecule has 0 aliphatic carbocycles. The second-order valence-electron chi connectivity index (χ2n) is 4.32. The second kappa shape index (κ2) is 7.72. The molecule has 0 spiro atoms. The molecule has 1 rings (SSSR count). The normalized spacial score (nSPS) is 11.8. The van der Waals surface area contributed by atoms with E-state index in [0.29, 0.717) is 17.1 Å². The van der Waals surface area contributed by atoms with Gasteiger partial charge in [0.15, 0.2) is 0 Å². The van der Waals surface area contributed by atoms with Gasteiger partial charge in [0.25, 0.3) is 0 Å². The molecule has 116 valence electrons. The van der Waals surface area contributed by atoms with Crippen molar-refractivity contribution in [2.24, 2.45) is 0 Å². The smallest absolute Gasteiger partial charge is 0.374 e. The average Bonchev–Trinajstić information content (AvgIpc) is 2.77. The van der Waals surface area contributed by atoms with E-state index >= 15 is 0 Å². The van der Waals surface area contributed by atoms with Gasteiger partial charge in [-0.15, -0.1) is 0 Å². The van der Waals surface area contributed by atoms with Crippen LogP contribution in [0.15, 0.2) is 10.5 Å². The fraction of sp³-hybridized carbons (Fsp3) is 0.462. The van der Waals surface area contributed by atoms with E-state index in [1.54, 1.807) is 13.0 Å². The Bertz CT molecular complexity index is 539. The number of esters is 1. The molecular weight excluding hydrogens is 298 g/mol. The molecule has 0 fully saturated rings. The van der Waals surface area contributed by atoms with Crippen LogP contribution < -0.4 is 5.32 Å². The Morgan fingerprint density at radius 2 is 2.14 bits per heavy atom. The minimum Gasteiger partial charge on any atom is -0.480 e. The summed E-state index contributed by atoms with van der Waals surface area (Å²) in [7, 11) is 1.27. The number of carboxylic acids is 1. The third-order valence-electron chi connectivity index (χ3n) is 2.54. The number of carbonyl (C=O) groups excluding carboxylic acids is 2. The molecule has 8 heteroatoms. The number of furan rings is 1. The SMILES string of the molecule is COC(=O)c1oc(CSC[C@H](NC(C)=O)C(=O)O)cc1C. The summed E-state index contributed by atoms with van der Waals surface area (Å²) < 4.78 is 9.94. The number of amides is 1. The van der Waals surface area contributed by atoms with Crippen LogP contribution in [0.5, 0.6) is 0 Å². The lowest BCUT2D eigenvalue weighted by Gasteiger charge is -2.11. The van der Waals surface area contributed by atoms with Crippen LogP contribution in [0.2, 0.25) is 0 Å². The predicted molar refractivity (Wildman–Crippen MR) is 76.2 cm³/mol. The molecule has 0 radical (unpaired) electrons. The standard InChI is InChI=1S/C13H17NO6S/c1-7-4-9(20-11(7)13(18)19-3)5-21-6-10(12(16)17)14-8(2)15/h4,10H,5-6H2,1-3H3,(H,14,15)(H,16,17)/t10-/m0/s1. The zero-order chi connectivity index (χ0) is 16.0. The Kier molecular flexibility index (Phi) is 6.29. The molecule has 2 N–H and O–H groups in total. The summed E-state index contributed by atoms with van der Waals surface area (Å²) in [6.45, 7) is 2.99. The maximum atomic E-state index is 11.4. The molecule has 7 nitrogen and oxygen atoms in total. The zero-order valence-corrected chi connectivity index (χ0v) is 12.8. The maximum absolute atomic E-state index is 11.4. The van der Waals surface area contributed by atoms with Gasteiger partial charge in [0.05, 0.1) is 12.9 Å². The number of hydrogen-bond acceptors (Lipinski definition) is 6. The van der Waals surface area contributed by atoms with Gasteiger partial charge in [0, 0.05) is 18.2 Å². The van der Waals surface area contributed by atoms with E-state index in [4.69, 9.17) is 9.52 Å². The highest BCUT2D eigenvalue weighted by Crippen LogP contribution is 2.20. The zero-order valence-electron chi connectivity index (χ0n) is 12.0. The van der Waals surface area contributed by atoms with Crippen LogP contribution in [0.25, 0.3) is 0 Å². The Morgan fingerprint density at radius 1 is 1.48 bits per heavy atom. The molecular formula is C13H17NO6S. The first-order chi connectivity index (χ1) is 9.85. The lowest BCUT2D eigenvalue weighted by Crippen LogP contribution is -2.41. The third-order valence-corrected chi connectivity index (χ3v) is 3.60. The number of methoxy groups -OCH3 is 1. The fourth-order valence-electron chi connectivity index (χ4n) is 1.61.